The van der Waals surface area contributed by atoms with E-state index in [2.05, 4.69) is 32.4 Å². The molecule has 0 aliphatic heterocycles. The van der Waals surface area contributed by atoms with Gasteiger partial charge >= 0.3 is 0 Å². The molecule has 2 heterocycles. The lowest BCUT2D eigenvalue weighted by Gasteiger charge is -2.28. The summed E-state index contributed by atoms with van der Waals surface area (Å²) in [5, 5.41) is 3.84. The summed E-state index contributed by atoms with van der Waals surface area (Å²) in [5.74, 6) is -0.0965. The molecule has 0 spiro atoms. The van der Waals surface area contributed by atoms with Gasteiger partial charge in [-0.3, -0.25) is 4.79 Å². The van der Waals surface area contributed by atoms with Gasteiger partial charge in [0.05, 0.1) is 22.8 Å². The van der Waals surface area contributed by atoms with E-state index in [0.717, 1.165) is 6.42 Å². The minimum absolute atomic E-state index is 0.142. The van der Waals surface area contributed by atoms with Gasteiger partial charge in [-0.05, 0) is 30.4 Å². The van der Waals surface area contributed by atoms with E-state index in [4.69, 9.17) is 17.3 Å². The van der Waals surface area contributed by atoms with E-state index in [0.29, 0.717) is 33.3 Å². The quantitative estimate of drug-likeness (QED) is 0.587. The SMILES string of the molecule is NC(=O)C1C2C=CC(C2)C1Nc1c(Cl)cnc2nc(-c3cccc(F)c3)[nH]c12. The van der Waals surface area contributed by atoms with Crippen LogP contribution in [0, 0.1) is 23.6 Å². The molecule has 4 unspecified atom stereocenters. The second kappa shape index (κ2) is 6.31. The minimum atomic E-state index is -0.347. The Kier molecular flexibility index (Phi) is 3.87. The van der Waals surface area contributed by atoms with Crippen molar-refractivity contribution in [2.24, 2.45) is 23.5 Å². The number of nitrogens with two attached hydrogens (primary N) is 1. The number of H-pyrrole nitrogens is 1. The highest BCUT2D eigenvalue weighted by molar-refractivity contribution is 6.34. The van der Waals surface area contributed by atoms with Gasteiger partial charge in [0.1, 0.15) is 17.2 Å². The molecule has 1 fully saturated rings. The van der Waals surface area contributed by atoms with E-state index in [-0.39, 0.29) is 35.5 Å². The van der Waals surface area contributed by atoms with Gasteiger partial charge in [0.2, 0.25) is 5.91 Å². The highest BCUT2D eigenvalue weighted by Gasteiger charge is 2.47. The van der Waals surface area contributed by atoms with Gasteiger partial charge in [-0.25, -0.2) is 14.4 Å². The zero-order chi connectivity index (χ0) is 19.4. The number of allylic oxidation sites excluding steroid dienone is 1. The predicted molar refractivity (Wildman–Crippen MR) is 105 cm³/mol. The lowest BCUT2D eigenvalue weighted by atomic mass is 9.88. The third-order valence-electron chi connectivity index (χ3n) is 5.67. The lowest BCUT2D eigenvalue weighted by molar-refractivity contribution is -0.122. The number of aromatic amines is 1. The van der Waals surface area contributed by atoms with Crippen LogP contribution in [0.25, 0.3) is 22.6 Å². The van der Waals surface area contributed by atoms with Crippen LogP contribution in [0.4, 0.5) is 10.1 Å². The molecule has 1 saturated carbocycles. The zero-order valence-electron chi connectivity index (χ0n) is 14.7. The largest absolute Gasteiger partial charge is 0.378 e. The van der Waals surface area contributed by atoms with Crippen LogP contribution < -0.4 is 11.1 Å². The second-order valence-electron chi connectivity index (χ2n) is 7.32. The van der Waals surface area contributed by atoms with Gasteiger partial charge in [-0.1, -0.05) is 35.9 Å². The molecule has 2 bridgehead atoms. The number of nitrogens with one attached hydrogen (secondary N) is 2. The molecular weight excluding hydrogens is 381 g/mol. The first-order chi connectivity index (χ1) is 13.5. The zero-order valence-corrected chi connectivity index (χ0v) is 15.4. The van der Waals surface area contributed by atoms with Crippen LogP contribution in [-0.2, 0) is 4.79 Å². The van der Waals surface area contributed by atoms with E-state index >= 15 is 0 Å². The standard InChI is InChI=1S/C20H17ClFN5O/c21-13-8-24-20-17(26-19(27-20)11-2-1-3-12(22)7-11)16(13)25-15-10-5-4-9(6-10)14(15)18(23)28/h1-5,7-10,14-15H,6H2,(H2,23,28)(H2,24,25,26,27). The summed E-state index contributed by atoms with van der Waals surface area (Å²) in [6, 6.07) is 6.02. The fourth-order valence-corrected chi connectivity index (χ4v) is 4.62. The molecule has 2 aliphatic rings. The number of pyridine rings is 1. The number of nitrogens with zero attached hydrogens (tertiary/aromatic N) is 2. The molecule has 0 saturated heterocycles. The van der Waals surface area contributed by atoms with Crippen LogP contribution in [0.3, 0.4) is 0 Å². The third-order valence-corrected chi connectivity index (χ3v) is 5.96. The first-order valence-corrected chi connectivity index (χ1v) is 9.43. The van der Waals surface area contributed by atoms with E-state index < -0.39 is 0 Å². The number of anilines is 1. The Balaban J connectivity index is 1.57. The molecule has 4 N–H and O–H groups in total. The fraction of sp³-hybridized carbons (Fsp3) is 0.250. The van der Waals surface area contributed by atoms with Crippen LogP contribution >= 0.6 is 11.6 Å². The van der Waals surface area contributed by atoms with E-state index in [1.165, 1.54) is 18.3 Å². The molecule has 6 nitrogen and oxygen atoms in total. The van der Waals surface area contributed by atoms with Gasteiger partial charge in [0, 0.05) is 11.6 Å². The van der Waals surface area contributed by atoms with Gasteiger partial charge in [-0.15, -0.1) is 0 Å². The summed E-state index contributed by atoms with van der Waals surface area (Å²) in [7, 11) is 0. The van der Waals surface area contributed by atoms with Crippen molar-refractivity contribution in [3.63, 3.8) is 0 Å². The summed E-state index contributed by atoms with van der Waals surface area (Å²) in [6.07, 6.45) is 6.61. The highest BCUT2D eigenvalue weighted by atomic mass is 35.5. The molecular formula is C20H17ClFN5O. The Morgan fingerprint density at radius 1 is 1.32 bits per heavy atom. The third kappa shape index (κ3) is 2.65. The number of fused-ring (bicyclic) bond motifs is 3. The van der Waals surface area contributed by atoms with Crippen molar-refractivity contribution in [3.8, 4) is 11.4 Å². The van der Waals surface area contributed by atoms with Crippen molar-refractivity contribution in [2.45, 2.75) is 12.5 Å². The smallest absolute Gasteiger partial charge is 0.223 e. The first kappa shape index (κ1) is 17.2. The number of hydrogen-bond donors (Lipinski definition) is 3. The van der Waals surface area contributed by atoms with Crippen molar-refractivity contribution >= 4 is 34.4 Å². The van der Waals surface area contributed by atoms with E-state index in [9.17, 15) is 9.18 Å². The molecule has 1 amide bonds. The van der Waals surface area contributed by atoms with Crippen LogP contribution in [0.1, 0.15) is 6.42 Å². The molecule has 4 atom stereocenters. The summed E-state index contributed by atoms with van der Waals surface area (Å²) >= 11 is 6.42. The Morgan fingerprint density at radius 3 is 2.93 bits per heavy atom. The van der Waals surface area contributed by atoms with Crippen molar-refractivity contribution in [3.05, 3.63) is 53.5 Å². The Morgan fingerprint density at radius 2 is 2.14 bits per heavy atom. The van der Waals surface area contributed by atoms with Crippen LogP contribution in [0.2, 0.25) is 5.02 Å². The normalized spacial score (nSPS) is 25.5. The van der Waals surface area contributed by atoms with Gasteiger partial charge in [0.25, 0.3) is 0 Å². The first-order valence-electron chi connectivity index (χ1n) is 9.05. The number of halogens is 2. The predicted octanol–water partition coefficient (Wildman–Crippen LogP) is 3.51. The monoisotopic (exact) mass is 397 g/mol. The number of imidazole rings is 1. The number of primary amides is 1. The molecule has 0 radical (unpaired) electrons. The number of carbonyl (C=O) groups is 1. The van der Waals surface area contributed by atoms with Crippen LogP contribution in [0.5, 0.6) is 0 Å². The number of rotatable bonds is 4. The Labute approximate surface area is 165 Å². The summed E-state index contributed by atoms with van der Waals surface area (Å²) in [4.78, 5) is 23.9. The van der Waals surface area contributed by atoms with Crippen molar-refractivity contribution in [1.82, 2.24) is 15.0 Å². The molecule has 5 rings (SSSR count). The molecule has 2 aliphatic carbocycles. The van der Waals surface area contributed by atoms with Crippen molar-refractivity contribution in [1.29, 1.82) is 0 Å². The summed E-state index contributed by atoms with van der Waals surface area (Å²) in [5.41, 5.74) is 7.96. The highest BCUT2D eigenvalue weighted by Crippen LogP contribution is 2.46. The van der Waals surface area contributed by atoms with E-state index in [1.807, 2.05) is 0 Å². The second-order valence-corrected chi connectivity index (χ2v) is 7.73. The lowest BCUT2D eigenvalue weighted by Crippen LogP contribution is -2.41. The molecule has 3 aromatic rings. The number of hydrogen-bond acceptors (Lipinski definition) is 4. The van der Waals surface area contributed by atoms with E-state index in [1.54, 1.807) is 12.1 Å². The van der Waals surface area contributed by atoms with Gasteiger partial charge < -0.3 is 16.0 Å². The van der Waals surface area contributed by atoms with Gasteiger partial charge in [-0.2, -0.15) is 0 Å². The molecule has 28 heavy (non-hydrogen) atoms. The van der Waals surface area contributed by atoms with Crippen LogP contribution in [-0.4, -0.2) is 26.9 Å². The minimum Gasteiger partial charge on any atom is -0.378 e. The molecule has 2 aromatic heterocycles. The van der Waals surface area contributed by atoms with Gasteiger partial charge in [0.15, 0.2) is 5.65 Å². The summed E-state index contributed by atoms with van der Waals surface area (Å²) in [6.45, 7) is 0. The maximum atomic E-state index is 13.6. The number of amides is 1. The number of carbonyl (C=O) groups excluding carboxylic acids is 1. The Bertz CT molecular complexity index is 1130. The van der Waals surface area contributed by atoms with Crippen LogP contribution in [0.15, 0.2) is 42.6 Å². The number of aromatic nitrogens is 3. The number of benzene rings is 1. The molecule has 1 aromatic carbocycles. The van der Waals surface area contributed by atoms with Crippen molar-refractivity contribution in [2.75, 3.05) is 5.32 Å². The maximum absolute atomic E-state index is 13.6. The Hall–Kier alpha value is -2.93. The topological polar surface area (TPSA) is 96.7 Å². The van der Waals surface area contributed by atoms with Crippen molar-refractivity contribution < 1.29 is 9.18 Å². The maximum Gasteiger partial charge on any atom is 0.223 e. The molecule has 142 valence electrons. The average Bonchev–Trinajstić information content (AvgIpc) is 3.38. The summed E-state index contributed by atoms with van der Waals surface area (Å²) < 4.78 is 13.6. The fourth-order valence-electron chi connectivity index (χ4n) is 4.42. The molecule has 8 heteroatoms. The average molecular weight is 398 g/mol.